The van der Waals surface area contributed by atoms with Crippen molar-refractivity contribution in [1.82, 2.24) is 4.90 Å². The van der Waals surface area contributed by atoms with Gasteiger partial charge in [0.25, 0.3) is 0 Å². The van der Waals surface area contributed by atoms with Gasteiger partial charge in [-0.2, -0.15) is 0 Å². The topological polar surface area (TPSA) is 81.6 Å². The van der Waals surface area contributed by atoms with Crippen molar-refractivity contribution in [1.29, 1.82) is 0 Å². The number of rotatable bonds is 1. The fourth-order valence-corrected chi connectivity index (χ4v) is 2.68. The molecule has 4 N–H and O–H groups in total. The predicted molar refractivity (Wildman–Crippen MR) is 84.8 cm³/mol. The number of piperidine rings is 1. The van der Waals surface area contributed by atoms with Crippen LogP contribution in [-0.4, -0.2) is 23.1 Å². The van der Waals surface area contributed by atoms with E-state index in [1.807, 2.05) is 20.8 Å². The Morgan fingerprint density at radius 2 is 2.00 bits per heavy atom. The van der Waals surface area contributed by atoms with Crippen molar-refractivity contribution in [2.24, 2.45) is 0 Å². The Hall–Kier alpha value is -1.98. The van der Waals surface area contributed by atoms with Crippen LogP contribution in [-0.2, 0) is 4.74 Å². The van der Waals surface area contributed by atoms with Crippen LogP contribution in [0.5, 0.6) is 0 Å². The third-order valence-electron chi connectivity index (χ3n) is 3.73. The first-order valence-electron chi connectivity index (χ1n) is 7.53. The molecule has 0 saturated carbocycles. The average molecular weight is 309 g/mol. The van der Waals surface area contributed by atoms with Gasteiger partial charge in [0, 0.05) is 12.1 Å². The van der Waals surface area contributed by atoms with E-state index in [0.717, 1.165) is 12.8 Å². The van der Waals surface area contributed by atoms with Gasteiger partial charge in [-0.15, -0.1) is 0 Å². The van der Waals surface area contributed by atoms with Gasteiger partial charge in [0.05, 0.1) is 17.4 Å². The van der Waals surface area contributed by atoms with Crippen molar-refractivity contribution >= 4 is 17.5 Å². The molecule has 5 nitrogen and oxygen atoms in total. The summed E-state index contributed by atoms with van der Waals surface area (Å²) >= 11 is 0. The highest BCUT2D eigenvalue weighted by Crippen LogP contribution is 2.36. The summed E-state index contributed by atoms with van der Waals surface area (Å²) in [6.45, 7) is 5.98. The highest BCUT2D eigenvalue weighted by molar-refractivity contribution is 5.70. The molecule has 2 rings (SSSR count). The van der Waals surface area contributed by atoms with Gasteiger partial charge in [0.15, 0.2) is 5.82 Å². The molecule has 0 bridgehead atoms. The minimum Gasteiger partial charge on any atom is -0.444 e. The van der Waals surface area contributed by atoms with Crippen LogP contribution in [0.4, 0.5) is 20.6 Å². The number of amides is 1. The fraction of sp³-hybridized carbons (Fsp3) is 0.562. The number of hydrogen-bond donors (Lipinski definition) is 2. The van der Waals surface area contributed by atoms with Crippen molar-refractivity contribution < 1.29 is 13.9 Å². The number of benzene rings is 1. The Kier molecular flexibility index (Phi) is 4.49. The molecule has 0 aromatic heterocycles. The maximum Gasteiger partial charge on any atom is 0.410 e. The number of carbonyl (C=O) groups excluding carboxylic acids is 1. The van der Waals surface area contributed by atoms with Crippen molar-refractivity contribution in [2.75, 3.05) is 18.0 Å². The first kappa shape index (κ1) is 16.4. The summed E-state index contributed by atoms with van der Waals surface area (Å²) in [5.74, 6) is -0.541. The van der Waals surface area contributed by atoms with Crippen molar-refractivity contribution in [3.8, 4) is 0 Å². The van der Waals surface area contributed by atoms with Crippen LogP contribution in [0.3, 0.4) is 0 Å². The first-order valence-corrected chi connectivity index (χ1v) is 7.53. The van der Waals surface area contributed by atoms with Gasteiger partial charge in [0.1, 0.15) is 5.60 Å². The molecule has 1 amide bonds. The lowest BCUT2D eigenvalue weighted by atomic mass is 9.94. The highest BCUT2D eigenvalue weighted by atomic mass is 19.1. The molecule has 1 unspecified atom stereocenters. The lowest BCUT2D eigenvalue weighted by molar-refractivity contribution is 0.00916. The summed E-state index contributed by atoms with van der Waals surface area (Å²) in [5.41, 5.74) is 11.3. The maximum atomic E-state index is 14.4. The van der Waals surface area contributed by atoms with E-state index in [0.29, 0.717) is 18.5 Å². The fourth-order valence-electron chi connectivity index (χ4n) is 2.68. The van der Waals surface area contributed by atoms with Crippen LogP contribution in [0.15, 0.2) is 12.1 Å². The molecular weight excluding hydrogens is 285 g/mol. The van der Waals surface area contributed by atoms with Crippen LogP contribution >= 0.6 is 0 Å². The zero-order valence-corrected chi connectivity index (χ0v) is 13.4. The van der Waals surface area contributed by atoms with Gasteiger partial charge in [0.2, 0.25) is 0 Å². The number of nitrogen functional groups attached to an aromatic ring is 2. The number of ether oxygens (including phenoxy) is 1. The number of carbonyl (C=O) groups is 1. The third kappa shape index (κ3) is 3.43. The van der Waals surface area contributed by atoms with Crippen LogP contribution in [0.1, 0.15) is 51.6 Å². The molecule has 22 heavy (non-hydrogen) atoms. The number of likely N-dealkylation sites (tertiary alicyclic amines) is 1. The Labute approximate surface area is 130 Å². The summed E-state index contributed by atoms with van der Waals surface area (Å²) in [6.07, 6.45) is 2.06. The molecule has 1 atom stereocenters. The molecule has 1 saturated heterocycles. The SMILES string of the molecule is CC(C)(C)OC(=O)N1CCCCC1c1ccc(N)c(N)c1F. The van der Waals surface area contributed by atoms with E-state index in [9.17, 15) is 9.18 Å². The zero-order valence-electron chi connectivity index (χ0n) is 13.4. The van der Waals surface area contributed by atoms with E-state index in [1.165, 1.54) is 0 Å². The minimum atomic E-state index is -0.586. The summed E-state index contributed by atoms with van der Waals surface area (Å²) < 4.78 is 19.9. The maximum absolute atomic E-state index is 14.4. The largest absolute Gasteiger partial charge is 0.444 e. The summed E-state index contributed by atoms with van der Waals surface area (Å²) in [6, 6.07) is 2.82. The monoisotopic (exact) mass is 309 g/mol. The number of anilines is 2. The van der Waals surface area contributed by atoms with Crippen molar-refractivity contribution in [3.05, 3.63) is 23.5 Å². The molecule has 6 heteroatoms. The Bertz CT molecular complexity index is 569. The second kappa shape index (κ2) is 6.02. The standard InChI is InChI=1S/C16H24FN3O2/c1-16(2,3)22-15(21)20-9-5-4-6-12(20)10-7-8-11(18)14(19)13(10)17/h7-8,12H,4-6,9,18-19H2,1-3H3. The summed E-state index contributed by atoms with van der Waals surface area (Å²) in [5, 5.41) is 0. The average Bonchev–Trinajstić information content (AvgIpc) is 2.43. The molecule has 1 fully saturated rings. The van der Waals surface area contributed by atoms with E-state index < -0.39 is 17.5 Å². The molecule has 1 heterocycles. The molecule has 1 aromatic rings. The van der Waals surface area contributed by atoms with E-state index in [4.69, 9.17) is 16.2 Å². The van der Waals surface area contributed by atoms with Crippen LogP contribution < -0.4 is 11.5 Å². The molecule has 1 aromatic carbocycles. The summed E-state index contributed by atoms with van der Waals surface area (Å²) in [7, 11) is 0. The van der Waals surface area contributed by atoms with Crippen LogP contribution in [0.25, 0.3) is 0 Å². The molecule has 122 valence electrons. The van der Waals surface area contributed by atoms with E-state index >= 15 is 0 Å². The second-order valence-corrected chi connectivity index (χ2v) is 6.66. The first-order chi connectivity index (χ1) is 10.2. The smallest absolute Gasteiger partial charge is 0.410 e. The van der Waals surface area contributed by atoms with Crippen LogP contribution in [0.2, 0.25) is 0 Å². The summed E-state index contributed by atoms with van der Waals surface area (Å²) in [4.78, 5) is 14.0. The van der Waals surface area contributed by atoms with E-state index in [-0.39, 0.29) is 17.4 Å². The van der Waals surface area contributed by atoms with Gasteiger partial charge < -0.3 is 21.1 Å². The van der Waals surface area contributed by atoms with Crippen molar-refractivity contribution in [3.63, 3.8) is 0 Å². The molecule has 0 spiro atoms. The molecule has 1 aliphatic heterocycles. The van der Waals surface area contributed by atoms with Gasteiger partial charge in [-0.05, 0) is 46.1 Å². The Balaban J connectivity index is 2.31. The zero-order chi connectivity index (χ0) is 16.5. The number of nitrogens with zero attached hydrogens (tertiary/aromatic N) is 1. The lowest BCUT2D eigenvalue weighted by Crippen LogP contribution is -2.42. The van der Waals surface area contributed by atoms with Gasteiger partial charge in [-0.25, -0.2) is 9.18 Å². The quantitative estimate of drug-likeness (QED) is 0.778. The Morgan fingerprint density at radius 3 is 2.64 bits per heavy atom. The van der Waals surface area contributed by atoms with E-state index in [1.54, 1.807) is 17.0 Å². The second-order valence-electron chi connectivity index (χ2n) is 6.66. The molecule has 1 aliphatic rings. The van der Waals surface area contributed by atoms with Crippen LogP contribution in [0, 0.1) is 5.82 Å². The normalized spacial score (nSPS) is 19.1. The van der Waals surface area contributed by atoms with E-state index in [2.05, 4.69) is 0 Å². The van der Waals surface area contributed by atoms with Crippen molar-refractivity contribution in [2.45, 2.75) is 51.7 Å². The Morgan fingerprint density at radius 1 is 1.32 bits per heavy atom. The third-order valence-corrected chi connectivity index (χ3v) is 3.73. The molecule has 0 aliphatic carbocycles. The van der Waals surface area contributed by atoms with Gasteiger partial charge in [-0.1, -0.05) is 6.07 Å². The molecular formula is C16H24FN3O2. The van der Waals surface area contributed by atoms with Gasteiger partial charge >= 0.3 is 6.09 Å². The highest BCUT2D eigenvalue weighted by Gasteiger charge is 2.33. The number of halogens is 1. The van der Waals surface area contributed by atoms with Gasteiger partial charge in [-0.3, -0.25) is 0 Å². The predicted octanol–water partition coefficient (Wildman–Crippen LogP) is 3.45. The lowest BCUT2D eigenvalue weighted by Gasteiger charge is -2.37. The number of nitrogens with two attached hydrogens (primary N) is 2. The molecule has 0 radical (unpaired) electrons. The number of hydrogen-bond acceptors (Lipinski definition) is 4. The minimum absolute atomic E-state index is 0.0628.